The van der Waals surface area contributed by atoms with Gasteiger partial charge in [0, 0.05) is 5.33 Å². The van der Waals surface area contributed by atoms with Crippen molar-refractivity contribution in [2.75, 3.05) is 0 Å². The van der Waals surface area contributed by atoms with Gasteiger partial charge in [0.1, 0.15) is 0 Å². The molecule has 0 aliphatic rings. The van der Waals surface area contributed by atoms with Crippen molar-refractivity contribution >= 4 is 22.2 Å². The van der Waals surface area contributed by atoms with Gasteiger partial charge in [-0.25, -0.2) is 13.2 Å². The van der Waals surface area contributed by atoms with Crippen LogP contribution >= 0.6 is 15.9 Å². The van der Waals surface area contributed by atoms with Crippen molar-refractivity contribution in [2.45, 2.75) is 11.8 Å². The van der Waals surface area contributed by atoms with Crippen LogP contribution in [0, 0.1) is 5.82 Å². The molecule has 0 fully saturated rings. The van der Waals surface area contributed by atoms with Gasteiger partial charge < -0.3 is 0 Å². The SMILES string of the molecule is O=Cc1c(F)cnc(CBr)c1C(F)F. The fourth-order valence-corrected chi connectivity index (χ4v) is 1.47. The standard InChI is InChI=1S/C8H5BrF3NO/c9-1-6-7(8(11)12)4(3-14)5(10)2-13-6/h2-3,8H,1H2. The third-order valence-corrected chi connectivity index (χ3v) is 2.19. The fraction of sp³-hybridized carbons (Fsp3) is 0.250. The van der Waals surface area contributed by atoms with Crippen LogP contribution in [0.15, 0.2) is 6.20 Å². The molecule has 2 nitrogen and oxygen atoms in total. The van der Waals surface area contributed by atoms with E-state index in [0.29, 0.717) is 0 Å². The van der Waals surface area contributed by atoms with Gasteiger partial charge in [-0.2, -0.15) is 0 Å². The van der Waals surface area contributed by atoms with Crippen LogP contribution < -0.4 is 0 Å². The van der Waals surface area contributed by atoms with Crippen molar-refractivity contribution in [1.82, 2.24) is 4.98 Å². The maximum atomic E-state index is 12.9. The number of hydrogen-bond acceptors (Lipinski definition) is 2. The average Bonchev–Trinajstić information content (AvgIpc) is 2.17. The lowest BCUT2D eigenvalue weighted by molar-refractivity contribution is 0.110. The van der Waals surface area contributed by atoms with Crippen LogP contribution in [0.25, 0.3) is 0 Å². The third-order valence-electron chi connectivity index (χ3n) is 1.65. The molecular weight excluding hydrogens is 263 g/mol. The largest absolute Gasteiger partial charge is 0.298 e. The molecule has 0 amide bonds. The Balaban J connectivity index is 3.43. The Morgan fingerprint density at radius 3 is 2.64 bits per heavy atom. The van der Waals surface area contributed by atoms with Gasteiger partial charge in [-0.15, -0.1) is 0 Å². The lowest BCUT2D eigenvalue weighted by Gasteiger charge is -2.08. The topological polar surface area (TPSA) is 30.0 Å². The number of alkyl halides is 3. The molecule has 0 spiro atoms. The van der Waals surface area contributed by atoms with E-state index < -0.39 is 23.4 Å². The minimum absolute atomic E-state index is 0.0245. The maximum absolute atomic E-state index is 12.9. The van der Waals surface area contributed by atoms with Gasteiger partial charge in [0.25, 0.3) is 6.43 Å². The van der Waals surface area contributed by atoms with Crippen LogP contribution in [0.1, 0.15) is 28.0 Å². The molecule has 1 rings (SSSR count). The molecule has 0 aliphatic carbocycles. The molecule has 0 aromatic carbocycles. The number of carbonyl (C=O) groups excluding carboxylic acids is 1. The van der Waals surface area contributed by atoms with Crippen molar-refractivity contribution in [3.63, 3.8) is 0 Å². The van der Waals surface area contributed by atoms with Gasteiger partial charge in [0.2, 0.25) is 0 Å². The molecule has 0 bridgehead atoms. The number of aldehydes is 1. The monoisotopic (exact) mass is 267 g/mol. The lowest BCUT2D eigenvalue weighted by atomic mass is 10.1. The first kappa shape index (κ1) is 11.2. The lowest BCUT2D eigenvalue weighted by Crippen LogP contribution is -2.04. The van der Waals surface area contributed by atoms with Gasteiger partial charge in [0.05, 0.1) is 23.0 Å². The normalized spacial score (nSPS) is 10.6. The second-order valence-electron chi connectivity index (χ2n) is 2.43. The summed E-state index contributed by atoms with van der Waals surface area (Å²) in [4.78, 5) is 13.9. The first-order valence-electron chi connectivity index (χ1n) is 3.58. The van der Waals surface area contributed by atoms with Crippen molar-refractivity contribution < 1.29 is 18.0 Å². The summed E-state index contributed by atoms with van der Waals surface area (Å²) in [5, 5.41) is 0.0494. The minimum Gasteiger partial charge on any atom is -0.298 e. The summed E-state index contributed by atoms with van der Waals surface area (Å²) >= 11 is 2.93. The highest BCUT2D eigenvalue weighted by Crippen LogP contribution is 2.27. The number of nitrogens with zero attached hydrogens (tertiary/aromatic N) is 1. The molecular formula is C8H5BrF3NO. The summed E-state index contributed by atoms with van der Waals surface area (Å²) in [5.41, 5.74) is -1.29. The molecule has 1 heterocycles. The van der Waals surface area contributed by atoms with E-state index in [4.69, 9.17) is 0 Å². The number of rotatable bonds is 3. The molecule has 0 radical (unpaired) electrons. The number of carbonyl (C=O) groups is 1. The van der Waals surface area contributed by atoms with E-state index in [1.807, 2.05) is 0 Å². The summed E-state index contributed by atoms with van der Waals surface area (Å²) in [6, 6.07) is 0. The zero-order chi connectivity index (χ0) is 10.7. The van der Waals surface area contributed by atoms with Crippen molar-refractivity contribution in [3.8, 4) is 0 Å². The molecule has 76 valence electrons. The average molecular weight is 268 g/mol. The van der Waals surface area contributed by atoms with Gasteiger partial charge >= 0.3 is 0 Å². The fourth-order valence-electron chi connectivity index (χ4n) is 1.03. The Morgan fingerprint density at radius 1 is 1.57 bits per heavy atom. The molecule has 0 unspecified atom stereocenters. The third kappa shape index (κ3) is 1.95. The number of aromatic nitrogens is 1. The molecule has 0 saturated heterocycles. The minimum atomic E-state index is -2.91. The van der Waals surface area contributed by atoms with Gasteiger partial charge in [-0.05, 0) is 0 Å². The molecule has 0 saturated carbocycles. The second-order valence-corrected chi connectivity index (χ2v) is 2.99. The summed E-state index contributed by atoms with van der Waals surface area (Å²) in [6.45, 7) is 0. The summed E-state index contributed by atoms with van der Waals surface area (Å²) in [6.07, 6.45) is -2.08. The first-order chi connectivity index (χ1) is 6.61. The molecule has 0 aliphatic heterocycles. The summed E-state index contributed by atoms with van der Waals surface area (Å²) in [5.74, 6) is -1.03. The Bertz CT molecular complexity index is 357. The van der Waals surface area contributed by atoms with E-state index in [2.05, 4.69) is 20.9 Å². The Hall–Kier alpha value is -0.910. The Morgan fingerprint density at radius 2 is 2.21 bits per heavy atom. The van der Waals surface area contributed by atoms with Crippen molar-refractivity contribution in [1.29, 1.82) is 0 Å². The second kappa shape index (κ2) is 4.54. The van der Waals surface area contributed by atoms with Crippen LogP contribution in [0.4, 0.5) is 13.2 Å². The van der Waals surface area contributed by atoms with Gasteiger partial charge in [-0.3, -0.25) is 9.78 Å². The van der Waals surface area contributed by atoms with Crippen LogP contribution in [0.5, 0.6) is 0 Å². The number of halogens is 4. The van der Waals surface area contributed by atoms with E-state index in [0.717, 1.165) is 6.20 Å². The summed E-state index contributed by atoms with van der Waals surface area (Å²) in [7, 11) is 0. The van der Waals surface area contributed by atoms with Crippen molar-refractivity contribution in [2.24, 2.45) is 0 Å². The molecule has 14 heavy (non-hydrogen) atoms. The van der Waals surface area contributed by atoms with Gasteiger partial charge in [-0.1, -0.05) is 15.9 Å². The van der Waals surface area contributed by atoms with Gasteiger partial charge in [0.15, 0.2) is 12.1 Å². The Kier molecular flexibility index (Phi) is 3.62. The van der Waals surface area contributed by atoms with Crippen LogP contribution in [0.2, 0.25) is 0 Å². The number of pyridine rings is 1. The predicted octanol–water partition coefficient (Wildman–Crippen LogP) is 2.87. The summed E-state index contributed by atoms with van der Waals surface area (Å²) < 4.78 is 37.8. The predicted molar refractivity (Wildman–Crippen MR) is 47.2 cm³/mol. The van der Waals surface area contributed by atoms with Crippen LogP contribution in [-0.4, -0.2) is 11.3 Å². The molecule has 1 aromatic heterocycles. The van der Waals surface area contributed by atoms with Crippen molar-refractivity contribution in [3.05, 3.63) is 28.8 Å². The van der Waals surface area contributed by atoms with Crippen LogP contribution in [-0.2, 0) is 5.33 Å². The molecule has 0 atom stereocenters. The first-order valence-corrected chi connectivity index (χ1v) is 4.70. The van der Waals surface area contributed by atoms with Crippen LogP contribution in [0.3, 0.4) is 0 Å². The molecule has 0 N–H and O–H groups in total. The zero-order valence-electron chi connectivity index (χ0n) is 6.81. The number of hydrogen-bond donors (Lipinski definition) is 0. The highest BCUT2D eigenvalue weighted by molar-refractivity contribution is 9.08. The smallest absolute Gasteiger partial charge is 0.266 e. The van der Waals surface area contributed by atoms with E-state index in [1.165, 1.54) is 0 Å². The zero-order valence-corrected chi connectivity index (χ0v) is 8.39. The van der Waals surface area contributed by atoms with E-state index >= 15 is 0 Å². The highest BCUT2D eigenvalue weighted by atomic mass is 79.9. The quantitative estimate of drug-likeness (QED) is 0.623. The highest BCUT2D eigenvalue weighted by Gasteiger charge is 2.21. The van der Waals surface area contributed by atoms with E-state index in [-0.39, 0.29) is 17.3 Å². The molecule has 1 aromatic rings. The van der Waals surface area contributed by atoms with E-state index in [9.17, 15) is 18.0 Å². The molecule has 6 heteroatoms. The Labute approximate surface area is 86.3 Å². The maximum Gasteiger partial charge on any atom is 0.266 e. The van der Waals surface area contributed by atoms with E-state index in [1.54, 1.807) is 0 Å².